The highest BCUT2D eigenvalue weighted by molar-refractivity contribution is 5.94. The zero-order valence-corrected chi connectivity index (χ0v) is 16.2. The van der Waals surface area contributed by atoms with Gasteiger partial charge in [0.25, 0.3) is 5.56 Å². The summed E-state index contributed by atoms with van der Waals surface area (Å²) in [4.78, 5) is 29.3. The second-order valence-electron chi connectivity index (χ2n) is 6.83. The molecule has 0 spiro atoms. The quantitative estimate of drug-likeness (QED) is 0.829. The third kappa shape index (κ3) is 4.24. The SMILES string of the molecule is Cc1[nH]c(=O)c(C#N)c(C)c1CCC(=O)Nc1ccccc1N1CCOCC1. The number of carbonyl (C=O) groups is 1. The Bertz CT molecular complexity index is 969. The number of carbonyl (C=O) groups excluding carboxylic acids is 1. The lowest BCUT2D eigenvalue weighted by Crippen LogP contribution is -2.36. The van der Waals surface area contributed by atoms with Crippen molar-refractivity contribution in [2.45, 2.75) is 26.7 Å². The second kappa shape index (κ2) is 8.72. The molecule has 7 heteroatoms. The normalized spacial score (nSPS) is 13.8. The lowest BCUT2D eigenvalue weighted by Gasteiger charge is -2.30. The maximum Gasteiger partial charge on any atom is 0.266 e. The van der Waals surface area contributed by atoms with Crippen LogP contribution in [0.15, 0.2) is 29.1 Å². The molecule has 0 bridgehead atoms. The standard InChI is InChI=1S/C21H24N4O3/c1-14-16(15(2)23-21(27)17(14)13-22)7-8-20(26)24-18-5-3-4-6-19(18)25-9-11-28-12-10-25/h3-6H,7-12H2,1-2H3,(H,23,27)(H,24,26). The molecular weight excluding hydrogens is 356 g/mol. The van der Waals surface area contributed by atoms with E-state index in [1.807, 2.05) is 30.3 Å². The van der Waals surface area contributed by atoms with Gasteiger partial charge in [0.05, 0.1) is 24.6 Å². The summed E-state index contributed by atoms with van der Waals surface area (Å²) in [7, 11) is 0. The summed E-state index contributed by atoms with van der Waals surface area (Å²) >= 11 is 0. The molecule has 146 valence electrons. The summed E-state index contributed by atoms with van der Waals surface area (Å²) < 4.78 is 5.40. The van der Waals surface area contributed by atoms with Gasteiger partial charge in [-0.15, -0.1) is 0 Å². The largest absolute Gasteiger partial charge is 0.378 e. The molecule has 1 aliphatic rings. The predicted octanol–water partition coefficient (Wildman–Crippen LogP) is 2.27. The van der Waals surface area contributed by atoms with E-state index in [9.17, 15) is 14.9 Å². The number of benzene rings is 1. The maximum absolute atomic E-state index is 12.6. The van der Waals surface area contributed by atoms with Crippen LogP contribution >= 0.6 is 0 Å². The van der Waals surface area contributed by atoms with Crippen LogP contribution in [0, 0.1) is 25.2 Å². The summed E-state index contributed by atoms with van der Waals surface area (Å²) in [5, 5.41) is 12.2. The Labute approximate surface area is 163 Å². The molecule has 1 aromatic carbocycles. The zero-order valence-electron chi connectivity index (χ0n) is 16.2. The van der Waals surface area contributed by atoms with Gasteiger partial charge < -0.3 is 19.9 Å². The molecule has 0 radical (unpaired) electrons. The number of hydrogen-bond acceptors (Lipinski definition) is 5. The number of ether oxygens (including phenoxy) is 1. The Hall–Kier alpha value is -3.11. The van der Waals surface area contributed by atoms with E-state index in [2.05, 4.69) is 15.2 Å². The van der Waals surface area contributed by atoms with Crippen LogP contribution in [-0.2, 0) is 16.0 Å². The van der Waals surface area contributed by atoms with Crippen molar-refractivity contribution in [3.8, 4) is 6.07 Å². The van der Waals surface area contributed by atoms with Gasteiger partial charge in [-0.05, 0) is 43.5 Å². The van der Waals surface area contributed by atoms with E-state index in [0.717, 1.165) is 30.0 Å². The van der Waals surface area contributed by atoms with Crippen molar-refractivity contribution in [2.75, 3.05) is 36.5 Å². The average Bonchev–Trinajstić information content (AvgIpc) is 2.69. The van der Waals surface area contributed by atoms with Crippen molar-refractivity contribution in [3.63, 3.8) is 0 Å². The van der Waals surface area contributed by atoms with Crippen LogP contribution in [-0.4, -0.2) is 37.2 Å². The van der Waals surface area contributed by atoms with E-state index in [4.69, 9.17) is 4.74 Å². The minimum atomic E-state index is -0.384. The molecule has 28 heavy (non-hydrogen) atoms. The number of anilines is 2. The molecule has 1 saturated heterocycles. The molecule has 7 nitrogen and oxygen atoms in total. The smallest absolute Gasteiger partial charge is 0.266 e. The number of nitrogens with one attached hydrogen (secondary N) is 2. The van der Waals surface area contributed by atoms with Gasteiger partial charge in [-0.25, -0.2) is 0 Å². The van der Waals surface area contributed by atoms with Crippen LogP contribution in [0.25, 0.3) is 0 Å². The Balaban J connectivity index is 1.71. The van der Waals surface area contributed by atoms with Crippen LogP contribution in [0.1, 0.15) is 28.8 Å². The lowest BCUT2D eigenvalue weighted by atomic mass is 9.99. The van der Waals surface area contributed by atoms with Gasteiger partial charge in [0.15, 0.2) is 0 Å². The summed E-state index contributed by atoms with van der Waals surface area (Å²) in [6, 6.07) is 9.69. The number of morpholine rings is 1. The van der Waals surface area contributed by atoms with Crippen molar-refractivity contribution in [1.29, 1.82) is 5.26 Å². The van der Waals surface area contributed by atoms with Crippen molar-refractivity contribution >= 4 is 17.3 Å². The number of pyridine rings is 1. The molecule has 2 aromatic rings. The molecule has 0 unspecified atom stereocenters. The van der Waals surface area contributed by atoms with E-state index in [1.54, 1.807) is 13.8 Å². The van der Waals surface area contributed by atoms with E-state index < -0.39 is 0 Å². The van der Waals surface area contributed by atoms with Gasteiger partial charge in [-0.2, -0.15) is 5.26 Å². The first-order valence-corrected chi connectivity index (χ1v) is 9.35. The van der Waals surface area contributed by atoms with E-state index in [-0.39, 0.29) is 23.5 Å². The summed E-state index contributed by atoms with van der Waals surface area (Å²) in [6.07, 6.45) is 0.713. The molecule has 1 aliphatic heterocycles. The number of para-hydroxylation sites is 2. The highest BCUT2D eigenvalue weighted by Gasteiger charge is 2.17. The van der Waals surface area contributed by atoms with Crippen LogP contribution in [0.4, 0.5) is 11.4 Å². The molecule has 2 heterocycles. The van der Waals surface area contributed by atoms with Gasteiger partial charge in [-0.1, -0.05) is 12.1 Å². The van der Waals surface area contributed by atoms with Gasteiger partial charge in [0.2, 0.25) is 5.91 Å². The molecule has 1 aromatic heterocycles. The number of H-pyrrole nitrogens is 1. The van der Waals surface area contributed by atoms with E-state index in [0.29, 0.717) is 30.9 Å². The molecule has 0 saturated carbocycles. The lowest BCUT2D eigenvalue weighted by molar-refractivity contribution is -0.116. The number of aromatic amines is 1. The van der Waals surface area contributed by atoms with E-state index >= 15 is 0 Å². The fraction of sp³-hybridized carbons (Fsp3) is 0.381. The number of nitriles is 1. The van der Waals surface area contributed by atoms with Gasteiger partial charge >= 0.3 is 0 Å². The molecule has 1 fully saturated rings. The number of nitrogens with zero attached hydrogens (tertiary/aromatic N) is 2. The van der Waals surface area contributed by atoms with Gasteiger partial charge in [0, 0.05) is 25.2 Å². The Kier molecular flexibility index (Phi) is 6.12. The predicted molar refractivity (Wildman–Crippen MR) is 108 cm³/mol. The molecular formula is C21H24N4O3. The Morgan fingerprint density at radius 2 is 2.00 bits per heavy atom. The monoisotopic (exact) mass is 380 g/mol. The Morgan fingerprint density at radius 1 is 1.29 bits per heavy atom. The second-order valence-corrected chi connectivity index (χ2v) is 6.83. The first-order valence-electron chi connectivity index (χ1n) is 9.35. The third-order valence-corrected chi connectivity index (χ3v) is 5.05. The van der Waals surface area contributed by atoms with Crippen molar-refractivity contribution in [3.05, 3.63) is 57.0 Å². The van der Waals surface area contributed by atoms with Crippen molar-refractivity contribution in [2.24, 2.45) is 0 Å². The number of aryl methyl sites for hydroxylation is 1. The van der Waals surface area contributed by atoms with Crippen molar-refractivity contribution < 1.29 is 9.53 Å². The fourth-order valence-electron chi connectivity index (χ4n) is 3.53. The van der Waals surface area contributed by atoms with Crippen LogP contribution in [0.3, 0.4) is 0 Å². The molecule has 0 aliphatic carbocycles. The summed E-state index contributed by atoms with van der Waals surface area (Å²) in [5.41, 5.74) is 3.68. The topological polar surface area (TPSA) is 98.2 Å². The van der Waals surface area contributed by atoms with E-state index in [1.165, 1.54) is 0 Å². The fourth-order valence-corrected chi connectivity index (χ4v) is 3.53. The summed E-state index contributed by atoms with van der Waals surface area (Å²) in [6.45, 7) is 6.47. The minimum absolute atomic E-state index is 0.107. The number of amides is 1. The van der Waals surface area contributed by atoms with Gasteiger partial charge in [-0.3, -0.25) is 9.59 Å². The number of rotatable bonds is 5. The molecule has 3 rings (SSSR count). The van der Waals surface area contributed by atoms with Crippen LogP contribution in [0.5, 0.6) is 0 Å². The number of aromatic nitrogens is 1. The van der Waals surface area contributed by atoms with Crippen molar-refractivity contribution in [1.82, 2.24) is 4.98 Å². The average molecular weight is 380 g/mol. The molecule has 0 atom stereocenters. The first kappa shape index (κ1) is 19.6. The first-order chi connectivity index (χ1) is 13.5. The minimum Gasteiger partial charge on any atom is -0.378 e. The van der Waals surface area contributed by atoms with Crippen LogP contribution in [0.2, 0.25) is 0 Å². The maximum atomic E-state index is 12.6. The van der Waals surface area contributed by atoms with Crippen LogP contribution < -0.4 is 15.8 Å². The highest BCUT2D eigenvalue weighted by atomic mass is 16.5. The molecule has 2 N–H and O–H groups in total. The third-order valence-electron chi connectivity index (χ3n) is 5.05. The highest BCUT2D eigenvalue weighted by Crippen LogP contribution is 2.26. The Morgan fingerprint density at radius 3 is 2.71 bits per heavy atom. The number of hydrogen-bond donors (Lipinski definition) is 2. The molecule has 1 amide bonds. The zero-order chi connectivity index (χ0) is 20.1. The summed E-state index contributed by atoms with van der Waals surface area (Å²) in [5.74, 6) is -0.107. The van der Waals surface area contributed by atoms with Gasteiger partial charge in [0.1, 0.15) is 11.6 Å².